The Morgan fingerprint density at radius 1 is 1.11 bits per heavy atom. The molecule has 1 amide bonds. The van der Waals surface area contributed by atoms with Gasteiger partial charge in [0.05, 0.1) is 23.7 Å². The van der Waals surface area contributed by atoms with Crippen LogP contribution in [-0.4, -0.2) is 35.0 Å². The second kappa shape index (κ2) is 12.0. The molecule has 38 heavy (non-hydrogen) atoms. The number of fused-ring (bicyclic) bond motifs is 1. The van der Waals surface area contributed by atoms with Gasteiger partial charge in [-0.05, 0) is 67.4 Å². The Morgan fingerprint density at radius 2 is 1.89 bits per heavy atom. The molecule has 3 aromatic carbocycles. The summed E-state index contributed by atoms with van der Waals surface area (Å²) in [7, 11) is 0. The van der Waals surface area contributed by atoms with Crippen molar-refractivity contribution in [2.24, 2.45) is 5.10 Å². The van der Waals surface area contributed by atoms with Gasteiger partial charge in [-0.3, -0.25) is 9.59 Å². The minimum absolute atomic E-state index is 0.0199. The van der Waals surface area contributed by atoms with Crippen LogP contribution in [-0.2, 0) is 4.79 Å². The molecule has 4 rings (SSSR count). The maximum atomic E-state index is 13.3. The van der Waals surface area contributed by atoms with Crippen molar-refractivity contribution in [2.45, 2.75) is 33.6 Å². The predicted octanol–water partition coefficient (Wildman–Crippen LogP) is 5.89. The topological polar surface area (TPSA) is 94.8 Å². The van der Waals surface area contributed by atoms with E-state index in [4.69, 9.17) is 9.47 Å². The fraction of sp³-hybridized carbons (Fsp3) is 0.241. The molecule has 196 valence electrons. The lowest BCUT2D eigenvalue weighted by molar-refractivity contribution is -0.118. The molecule has 9 heteroatoms. The van der Waals surface area contributed by atoms with Crippen LogP contribution in [0.4, 0.5) is 5.69 Å². The summed E-state index contributed by atoms with van der Waals surface area (Å²) in [5.41, 5.74) is 2.78. The molecule has 1 aromatic heterocycles. The highest BCUT2D eigenvalue weighted by Crippen LogP contribution is 2.28. The van der Waals surface area contributed by atoms with Crippen LogP contribution >= 0.6 is 15.9 Å². The summed E-state index contributed by atoms with van der Waals surface area (Å²) in [5, 5.41) is 7.80. The zero-order chi connectivity index (χ0) is 27.2. The summed E-state index contributed by atoms with van der Waals surface area (Å²) < 4.78 is 13.6. The molecule has 0 bridgehead atoms. The van der Waals surface area contributed by atoms with E-state index >= 15 is 0 Å². The molecule has 8 nitrogen and oxygen atoms in total. The average molecular weight is 577 g/mol. The predicted molar refractivity (Wildman–Crippen MR) is 154 cm³/mol. The lowest BCUT2D eigenvalue weighted by Gasteiger charge is -2.14. The third kappa shape index (κ3) is 6.28. The van der Waals surface area contributed by atoms with Crippen LogP contribution in [0, 0.1) is 6.92 Å². The number of aryl methyl sites for hydroxylation is 1. The Balaban J connectivity index is 1.57. The van der Waals surface area contributed by atoms with E-state index in [0.29, 0.717) is 40.4 Å². The number of rotatable bonds is 9. The van der Waals surface area contributed by atoms with Gasteiger partial charge in [0.15, 0.2) is 18.1 Å². The van der Waals surface area contributed by atoms with Crippen molar-refractivity contribution < 1.29 is 14.3 Å². The van der Waals surface area contributed by atoms with Crippen molar-refractivity contribution in [3.8, 4) is 11.5 Å². The minimum Gasteiger partial charge on any atom is -0.490 e. The highest BCUT2D eigenvalue weighted by Gasteiger charge is 2.14. The van der Waals surface area contributed by atoms with Gasteiger partial charge in [-0.15, -0.1) is 0 Å². The van der Waals surface area contributed by atoms with Crippen molar-refractivity contribution >= 4 is 44.6 Å². The van der Waals surface area contributed by atoms with Gasteiger partial charge in [0.2, 0.25) is 0 Å². The Labute approximate surface area is 229 Å². The summed E-state index contributed by atoms with van der Waals surface area (Å²) in [6.07, 6.45) is 1.58. The fourth-order valence-corrected chi connectivity index (χ4v) is 4.17. The van der Waals surface area contributed by atoms with E-state index in [1.807, 2.05) is 64.1 Å². The maximum absolute atomic E-state index is 13.3. The van der Waals surface area contributed by atoms with Crippen molar-refractivity contribution in [1.82, 2.24) is 9.66 Å². The normalized spacial score (nSPS) is 11.3. The first kappa shape index (κ1) is 27.1. The molecule has 0 saturated heterocycles. The SMILES string of the molecule is CCOc1cc(C=Nn2c(C(C)C)nc3ccc(Br)cc3c2=O)ccc1OCC(=O)Nc1ccccc1C. The van der Waals surface area contributed by atoms with Crippen LogP contribution in [0.1, 0.15) is 43.6 Å². The lowest BCUT2D eigenvalue weighted by atomic mass is 10.2. The molecule has 0 aliphatic carbocycles. The second-order valence-corrected chi connectivity index (χ2v) is 9.85. The smallest absolute Gasteiger partial charge is 0.282 e. The highest BCUT2D eigenvalue weighted by atomic mass is 79.9. The van der Waals surface area contributed by atoms with Crippen LogP contribution < -0.4 is 20.3 Å². The fourth-order valence-electron chi connectivity index (χ4n) is 3.81. The number of anilines is 1. The lowest BCUT2D eigenvalue weighted by Crippen LogP contribution is -2.23. The first-order valence-electron chi connectivity index (χ1n) is 12.3. The van der Waals surface area contributed by atoms with Crippen molar-refractivity contribution in [3.63, 3.8) is 0 Å². The largest absolute Gasteiger partial charge is 0.490 e. The Kier molecular flexibility index (Phi) is 8.58. The van der Waals surface area contributed by atoms with E-state index in [0.717, 1.165) is 15.7 Å². The number of aromatic nitrogens is 2. The standard InChI is InChI=1S/C29H29BrN4O4/c1-5-37-26-14-20(10-13-25(26)38-17-27(35)32-23-9-7-6-8-19(23)4)16-31-34-28(18(2)3)33-24-12-11-21(30)15-22(24)29(34)36/h6-16,18H,5,17H2,1-4H3,(H,32,35). The summed E-state index contributed by atoms with van der Waals surface area (Å²) in [6.45, 7) is 7.96. The summed E-state index contributed by atoms with van der Waals surface area (Å²) in [6, 6.07) is 18.2. The molecular weight excluding hydrogens is 548 g/mol. The molecule has 0 unspecified atom stereocenters. The zero-order valence-electron chi connectivity index (χ0n) is 21.7. The van der Waals surface area contributed by atoms with Gasteiger partial charge >= 0.3 is 0 Å². The number of halogens is 1. The highest BCUT2D eigenvalue weighted by molar-refractivity contribution is 9.10. The number of hydrogen-bond donors (Lipinski definition) is 1. The molecule has 0 aliphatic rings. The quantitative estimate of drug-likeness (QED) is 0.251. The number of para-hydroxylation sites is 1. The zero-order valence-corrected chi connectivity index (χ0v) is 23.3. The number of nitrogens with one attached hydrogen (secondary N) is 1. The van der Waals surface area contributed by atoms with Crippen LogP contribution in [0.3, 0.4) is 0 Å². The number of amides is 1. The average Bonchev–Trinajstić information content (AvgIpc) is 2.89. The van der Waals surface area contributed by atoms with Crippen molar-refractivity contribution in [2.75, 3.05) is 18.5 Å². The first-order chi connectivity index (χ1) is 18.3. The number of carbonyl (C=O) groups is 1. The minimum atomic E-state index is -0.275. The number of benzene rings is 3. The van der Waals surface area contributed by atoms with Gasteiger partial charge in [0.25, 0.3) is 11.5 Å². The molecule has 0 spiro atoms. The number of ether oxygens (including phenoxy) is 2. The Bertz CT molecular complexity index is 1560. The molecule has 0 atom stereocenters. The molecule has 1 N–H and O–H groups in total. The molecular formula is C29H29BrN4O4. The Hall–Kier alpha value is -3.98. The van der Waals surface area contributed by atoms with Gasteiger partial charge in [0, 0.05) is 16.1 Å². The van der Waals surface area contributed by atoms with Crippen molar-refractivity contribution in [3.05, 3.63) is 92.4 Å². The van der Waals surface area contributed by atoms with Crippen LogP contribution in [0.15, 0.2) is 75.0 Å². The number of hydrogen-bond acceptors (Lipinski definition) is 6. The monoisotopic (exact) mass is 576 g/mol. The number of nitrogens with zero attached hydrogens (tertiary/aromatic N) is 3. The Morgan fingerprint density at radius 3 is 2.63 bits per heavy atom. The second-order valence-electron chi connectivity index (χ2n) is 8.94. The number of carbonyl (C=O) groups excluding carboxylic acids is 1. The van der Waals surface area contributed by atoms with Gasteiger partial charge in [-0.2, -0.15) is 9.78 Å². The summed E-state index contributed by atoms with van der Waals surface area (Å²) in [4.78, 5) is 30.4. The third-order valence-corrected chi connectivity index (χ3v) is 6.21. The molecule has 1 heterocycles. The molecule has 0 saturated carbocycles. The van der Waals surface area contributed by atoms with E-state index in [2.05, 4.69) is 31.3 Å². The van der Waals surface area contributed by atoms with E-state index in [9.17, 15) is 9.59 Å². The molecule has 0 fully saturated rings. The summed E-state index contributed by atoms with van der Waals surface area (Å²) in [5.74, 6) is 1.17. The van der Waals surface area contributed by atoms with Crippen LogP contribution in [0.25, 0.3) is 10.9 Å². The van der Waals surface area contributed by atoms with E-state index in [1.54, 1.807) is 30.5 Å². The van der Waals surface area contributed by atoms with E-state index in [1.165, 1.54) is 4.68 Å². The van der Waals surface area contributed by atoms with Crippen LogP contribution in [0.2, 0.25) is 0 Å². The third-order valence-electron chi connectivity index (χ3n) is 5.72. The first-order valence-corrected chi connectivity index (χ1v) is 13.1. The molecule has 4 aromatic rings. The van der Waals surface area contributed by atoms with E-state index in [-0.39, 0.29) is 24.0 Å². The molecule has 0 radical (unpaired) electrons. The van der Waals surface area contributed by atoms with Gasteiger partial charge in [-0.25, -0.2) is 4.98 Å². The van der Waals surface area contributed by atoms with Crippen LogP contribution in [0.5, 0.6) is 11.5 Å². The molecule has 0 aliphatic heterocycles. The van der Waals surface area contributed by atoms with Crippen molar-refractivity contribution in [1.29, 1.82) is 0 Å². The van der Waals surface area contributed by atoms with Gasteiger partial charge < -0.3 is 14.8 Å². The van der Waals surface area contributed by atoms with E-state index < -0.39 is 0 Å². The maximum Gasteiger partial charge on any atom is 0.282 e. The summed E-state index contributed by atoms with van der Waals surface area (Å²) >= 11 is 3.42. The van der Waals surface area contributed by atoms with Gasteiger partial charge in [-0.1, -0.05) is 48.0 Å². The van der Waals surface area contributed by atoms with Gasteiger partial charge in [0.1, 0.15) is 5.82 Å².